The van der Waals surface area contributed by atoms with Crippen molar-refractivity contribution in [3.63, 3.8) is 0 Å². The highest BCUT2D eigenvalue weighted by atomic mass is 16.3. The highest BCUT2D eigenvalue weighted by Gasteiger charge is 2.32. The van der Waals surface area contributed by atoms with Crippen LogP contribution in [0.4, 0.5) is 0 Å². The first-order valence-electron chi connectivity index (χ1n) is 8.33. The Labute approximate surface area is 118 Å². The zero-order chi connectivity index (χ0) is 13.7. The second-order valence-corrected chi connectivity index (χ2v) is 6.83. The lowest BCUT2D eigenvalue weighted by atomic mass is 9.77. The molecule has 3 heteroatoms. The van der Waals surface area contributed by atoms with Gasteiger partial charge in [-0.05, 0) is 44.1 Å². The predicted octanol–water partition coefficient (Wildman–Crippen LogP) is 2.29. The molecule has 0 aromatic rings. The van der Waals surface area contributed by atoms with E-state index in [1.165, 1.54) is 51.5 Å². The fourth-order valence-electron chi connectivity index (χ4n) is 3.65. The van der Waals surface area contributed by atoms with Crippen molar-refractivity contribution in [2.45, 2.75) is 77.0 Å². The summed E-state index contributed by atoms with van der Waals surface area (Å²) in [4.78, 5) is 0. The fourth-order valence-corrected chi connectivity index (χ4v) is 3.65. The van der Waals surface area contributed by atoms with Gasteiger partial charge in [-0.15, -0.1) is 0 Å². The molecule has 0 spiro atoms. The van der Waals surface area contributed by atoms with E-state index >= 15 is 0 Å². The second kappa shape index (κ2) is 7.61. The van der Waals surface area contributed by atoms with Gasteiger partial charge in [-0.2, -0.15) is 0 Å². The molecule has 0 bridgehead atoms. The first-order valence-corrected chi connectivity index (χ1v) is 8.33. The Balaban J connectivity index is 1.84. The lowest BCUT2D eigenvalue weighted by molar-refractivity contribution is 0.105. The van der Waals surface area contributed by atoms with E-state index in [1.807, 2.05) is 0 Å². The zero-order valence-corrected chi connectivity index (χ0v) is 12.7. The molecule has 19 heavy (non-hydrogen) atoms. The van der Waals surface area contributed by atoms with Crippen molar-refractivity contribution in [1.82, 2.24) is 10.6 Å². The third-order valence-corrected chi connectivity index (χ3v) is 5.04. The van der Waals surface area contributed by atoms with Gasteiger partial charge >= 0.3 is 0 Å². The molecular formula is C16H32N2O. The molecule has 2 rings (SSSR count). The van der Waals surface area contributed by atoms with Crippen LogP contribution in [0.15, 0.2) is 0 Å². The number of hydrogen-bond donors (Lipinski definition) is 3. The minimum Gasteiger partial charge on any atom is -0.392 e. The molecular weight excluding hydrogens is 236 g/mol. The summed E-state index contributed by atoms with van der Waals surface area (Å²) >= 11 is 0. The molecule has 1 aliphatic carbocycles. The molecule has 1 heterocycles. The third-order valence-electron chi connectivity index (χ3n) is 5.04. The SMILES string of the molecule is CC(C)C(O)CNC1CCCCC1C1CCCCN1. The third kappa shape index (κ3) is 4.44. The molecule has 1 saturated heterocycles. The average Bonchev–Trinajstić information content (AvgIpc) is 2.46. The number of rotatable bonds is 5. The van der Waals surface area contributed by atoms with Crippen molar-refractivity contribution in [2.75, 3.05) is 13.1 Å². The maximum atomic E-state index is 9.98. The van der Waals surface area contributed by atoms with E-state index in [9.17, 15) is 5.11 Å². The molecule has 2 fully saturated rings. The minimum absolute atomic E-state index is 0.207. The summed E-state index contributed by atoms with van der Waals surface area (Å²) in [5.74, 6) is 1.12. The Morgan fingerprint density at radius 2 is 1.84 bits per heavy atom. The number of aliphatic hydroxyl groups excluding tert-OH is 1. The van der Waals surface area contributed by atoms with Crippen molar-refractivity contribution < 1.29 is 5.11 Å². The summed E-state index contributed by atoms with van der Waals surface area (Å²) in [6.45, 7) is 6.13. The van der Waals surface area contributed by atoms with E-state index < -0.39 is 0 Å². The van der Waals surface area contributed by atoms with Crippen LogP contribution in [0.25, 0.3) is 0 Å². The van der Waals surface area contributed by atoms with Crippen molar-refractivity contribution in [1.29, 1.82) is 0 Å². The molecule has 1 saturated carbocycles. The van der Waals surface area contributed by atoms with Gasteiger partial charge in [0.15, 0.2) is 0 Å². The molecule has 4 unspecified atom stereocenters. The van der Waals surface area contributed by atoms with Crippen LogP contribution in [-0.2, 0) is 0 Å². The highest BCUT2D eigenvalue weighted by Crippen LogP contribution is 2.30. The fraction of sp³-hybridized carbons (Fsp3) is 1.00. The number of hydrogen-bond acceptors (Lipinski definition) is 3. The minimum atomic E-state index is -0.207. The Hall–Kier alpha value is -0.120. The largest absolute Gasteiger partial charge is 0.392 e. The molecule has 3 N–H and O–H groups in total. The Morgan fingerprint density at radius 3 is 2.53 bits per heavy atom. The maximum Gasteiger partial charge on any atom is 0.0687 e. The molecule has 112 valence electrons. The summed E-state index contributed by atoms with van der Waals surface area (Å²) in [5.41, 5.74) is 0. The van der Waals surface area contributed by atoms with Crippen LogP contribution in [0.2, 0.25) is 0 Å². The van der Waals surface area contributed by atoms with Gasteiger partial charge in [-0.1, -0.05) is 33.1 Å². The molecule has 1 aliphatic heterocycles. The van der Waals surface area contributed by atoms with E-state index in [1.54, 1.807) is 0 Å². The summed E-state index contributed by atoms with van der Waals surface area (Å²) in [7, 11) is 0. The first kappa shape index (κ1) is 15.3. The molecule has 0 aromatic heterocycles. The first-order chi connectivity index (χ1) is 9.18. The smallest absolute Gasteiger partial charge is 0.0687 e. The molecule has 4 atom stereocenters. The lowest BCUT2D eigenvalue weighted by Crippen LogP contribution is -2.52. The van der Waals surface area contributed by atoms with E-state index in [2.05, 4.69) is 24.5 Å². The Morgan fingerprint density at radius 1 is 1.11 bits per heavy atom. The normalized spacial score (nSPS) is 34.4. The highest BCUT2D eigenvalue weighted by molar-refractivity contribution is 4.91. The summed E-state index contributed by atoms with van der Waals surface area (Å²) < 4.78 is 0. The lowest BCUT2D eigenvalue weighted by Gasteiger charge is -2.40. The summed E-state index contributed by atoms with van der Waals surface area (Å²) in [6.07, 6.45) is 9.23. The maximum absolute atomic E-state index is 9.98. The van der Waals surface area contributed by atoms with Gasteiger partial charge in [0, 0.05) is 18.6 Å². The zero-order valence-electron chi connectivity index (χ0n) is 12.7. The van der Waals surface area contributed by atoms with E-state index in [4.69, 9.17) is 0 Å². The van der Waals surface area contributed by atoms with E-state index in [0.717, 1.165) is 12.5 Å². The van der Waals surface area contributed by atoms with Gasteiger partial charge in [-0.3, -0.25) is 0 Å². The van der Waals surface area contributed by atoms with Gasteiger partial charge in [0.1, 0.15) is 0 Å². The van der Waals surface area contributed by atoms with Gasteiger partial charge in [0.2, 0.25) is 0 Å². The number of piperidine rings is 1. The summed E-state index contributed by atoms with van der Waals surface area (Å²) in [5, 5.41) is 17.4. The average molecular weight is 268 g/mol. The van der Waals surface area contributed by atoms with Gasteiger partial charge in [0.25, 0.3) is 0 Å². The van der Waals surface area contributed by atoms with Crippen LogP contribution < -0.4 is 10.6 Å². The monoisotopic (exact) mass is 268 g/mol. The topological polar surface area (TPSA) is 44.3 Å². The van der Waals surface area contributed by atoms with E-state index in [0.29, 0.717) is 18.0 Å². The van der Waals surface area contributed by atoms with Crippen molar-refractivity contribution in [2.24, 2.45) is 11.8 Å². The van der Waals surface area contributed by atoms with Crippen LogP contribution in [0, 0.1) is 11.8 Å². The molecule has 2 aliphatic rings. The van der Waals surface area contributed by atoms with Crippen molar-refractivity contribution in [3.8, 4) is 0 Å². The van der Waals surface area contributed by atoms with Crippen LogP contribution in [0.1, 0.15) is 58.8 Å². The quantitative estimate of drug-likeness (QED) is 0.717. The predicted molar refractivity (Wildman–Crippen MR) is 80.2 cm³/mol. The number of nitrogens with one attached hydrogen (secondary N) is 2. The van der Waals surface area contributed by atoms with Crippen LogP contribution in [-0.4, -0.2) is 36.4 Å². The summed E-state index contributed by atoms with van der Waals surface area (Å²) in [6, 6.07) is 1.32. The molecule has 0 aromatic carbocycles. The standard InChI is InChI=1S/C16H32N2O/c1-12(2)16(19)11-18-15-8-4-3-7-13(15)14-9-5-6-10-17-14/h12-19H,3-11H2,1-2H3. The molecule has 0 amide bonds. The van der Waals surface area contributed by atoms with Gasteiger partial charge < -0.3 is 15.7 Å². The van der Waals surface area contributed by atoms with Gasteiger partial charge in [-0.25, -0.2) is 0 Å². The number of aliphatic hydroxyl groups is 1. The van der Waals surface area contributed by atoms with Crippen molar-refractivity contribution in [3.05, 3.63) is 0 Å². The van der Waals surface area contributed by atoms with Crippen molar-refractivity contribution >= 4 is 0 Å². The van der Waals surface area contributed by atoms with Crippen LogP contribution in [0.3, 0.4) is 0 Å². The van der Waals surface area contributed by atoms with Crippen LogP contribution in [0.5, 0.6) is 0 Å². The van der Waals surface area contributed by atoms with E-state index in [-0.39, 0.29) is 6.10 Å². The molecule has 3 nitrogen and oxygen atoms in total. The van der Waals surface area contributed by atoms with Crippen LogP contribution >= 0.6 is 0 Å². The Kier molecular flexibility index (Phi) is 6.11. The van der Waals surface area contributed by atoms with Gasteiger partial charge in [0.05, 0.1) is 6.10 Å². The Bertz CT molecular complexity index is 251. The second-order valence-electron chi connectivity index (χ2n) is 6.83. The molecule has 0 radical (unpaired) electrons.